The number of carbonyl (C=O) groups is 1. The lowest BCUT2D eigenvalue weighted by molar-refractivity contribution is -0.115. The third-order valence-corrected chi connectivity index (χ3v) is 5.53. The Morgan fingerprint density at radius 3 is 2.77 bits per heavy atom. The summed E-state index contributed by atoms with van der Waals surface area (Å²) >= 11 is 0. The Balaban J connectivity index is 1.88. The van der Waals surface area contributed by atoms with Crippen LogP contribution < -0.4 is 21.3 Å². The number of alkyl halides is 2. The fourth-order valence-corrected chi connectivity index (χ4v) is 4.16. The van der Waals surface area contributed by atoms with Gasteiger partial charge in [-0.05, 0) is 48.2 Å². The van der Waals surface area contributed by atoms with Gasteiger partial charge in [0.15, 0.2) is 0 Å². The van der Waals surface area contributed by atoms with Gasteiger partial charge in [-0.15, -0.1) is 0 Å². The molecule has 2 aliphatic rings. The predicted octanol–water partition coefficient (Wildman–Crippen LogP) is 4.93. The molecular formula is C23H23F2N5O. The lowest BCUT2D eigenvalue weighted by Crippen LogP contribution is -2.26. The average Bonchev–Trinajstić information content (AvgIpc) is 2.89. The molecule has 6 nitrogen and oxygen atoms in total. The van der Waals surface area contributed by atoms with E-state index in [1.807, 2.05) is 17.0 Å². The van der Waals surface area contributed by atoms with Crippen molar-refractivity contribution in [2.45, 2.75) is 25.7 Å². The van der Waals surface area contributed by atoms with Crippen molar-refractivity contribution in [2.75, 3.05) is 22.1 Å². The molecule has 0 saturated heterocycles. The van der Waals surface area contributed by atoms with Crippen LogP contribution in [0, 0.1) is 5.41 Å². The molecule has 2 heterocycles. The molecule has 0 unspecified atom stereocenters. The summed E-state index contributed by atoms with van der Waals surface area (Å²) in [7, 11) is 0. The van der Waals surface area contributed by atoms with Gasteiger partial charge in [0.1, 0.15) is 0 Å². The normalized spacial score (nSPS) is 16.2. The van der Waals surface area contributed by atoms with Gasteiger partial charge < -0.3 is 26.7 Å². The van der Waals surface area contributed by atoms with E-state index in [-0.39, 0.29) is 29.0 Å². The van der Waals surface area contributed by atoms with Gasteiger partial charge >= 0.3 is 0 Å². The first-order valence-corrected chi connectivity index (χ1v) is 9.95. The number of amides is 1. The number of allylic oxidation sites excluding steroid dienone is 1. The van der Waals surface area contributed by atoms with Gasteiger partial charge in [-0.3, -0.25) is 4.79 Å². The SMILES string of the molecule is C=C1CC(=O)Nc2cccc(N3CCCc4cc(/C(C=N)=C/N)c(C(F)F)cc43)c2N1. The molecule has 8 heteroatoms. The van der Waals surface area contributed by atoms with Crippen LogP contribution in [0.4, 0.5) is 31.5 Å². The van der Waals surface area contributed by atoms with E-state index < -0.39 is 6.43 Å². The van der Waals surface area contributed by atoms with Crippen molar-refractivity contribution in [3.63, 3.8) is 0 Å². The molecule has 0 fully saturated rings. The standard InChI is InChI=1S/C23H23F2N5O/c1-13-8-21(31)29-18-5-2-6-19(22(18)28-13)30-7-3-4-14-9-16(15(11-26)12-27)17(23(24)25)10-20(14)30/h2,5-6,9-12,23,26,28H,1,3-4,7-8,27H2,(H,29,31)/b15-12+,26-11?. The predicted molar refractivity (Wildman–Crippen MR) is 120 cm³/mol. The zero-order valence-corrected chi connectivity index (χ0v) is 16.8. The summed E-state index contributed by atoms with van der Waals surface area (Å²) < 4.78 is 27.9. The Hall–Kier alpha value is -3.68. The highest BCUT2D eigenvalue weighted by Gasteiger charge is 2.27. The second-order valence-corrected chi connectivity index (χ2v) is 7.54. The molecule has 0 aliphatic carbocycles. The van der Waals surface area contributed by atoms with E-state index in [9.17, 15) is 13.6 Å². The number of halogens is 2. The Morgan fingerprint density at radius 1 is 1.26 bits per heavy atom. The van der Waals surface area contributed by atoms with Gasteiger partial charge in [-0.1, -0.05) is 12.6 Å². The summed E-state index contributed by atoms with van der Waals surface area (Å²) in [5.74, 6) is -0.162. The first-order valence-electron chi connectivity index (χ1n) is 9.95. The molecule has 2 aliphatic heterocycles. The number of anilines is 4. The van der Waals surface area contributed by atoms with Crippen LogP contribution in [0.1, 0.15) is 36.0 Å². The van der Waals surface area contributed by atoms with Gasteiger partial charge in [0.2, 0.25) is 5.91 Å². The summed E-state index contributed by atoms with van der Waals surface area (Å²) in [5, 5.41) is 13.6. The third-order valence-electron chi connectivity index (χ3n) is 5.53. The minimum absolute atomic E-state index is 0.154. The maximum absolute atomic E-state index is 13.9. The van der Waals surface area contributed by atoms with E-state index >= 15 is 0 Å². The summed E-state index contributed by atoms with van der Waals surface area (Å²) in [5.41, 5.74) is 10.2. The quantitative estimate of drug-likeness (QED) is 0.525. The van der Waals surface area contributed by atoms with E-state index in [1.165, 1.54) is 12.3 Å². The molecule has 0 saturated carbocycles. The van der Waals surface area contributed by atoms with Gasteiger partial charge in [0.05, 0.1) is 23.5 Å². The Bertz CT molecular complexity index is 1110. The molecule has 2 aromatic carbocycles. The smallest absolute Gasteiger partial charge is 0.264 e. The molecule has 0 atom stereocenters. The van der Waals surface area contributed by atoms with Crippen LogP contribution in [-0.4, -0.2) is 18.7 Å². The van der Waals surface area contributed by atoms with Gasteiger partial charge in [0.25, 0.3) is 6.43 Å². The number of para-hydroxylation sites is 1. The molecule has 0 bridgehead atoms. The number of nitrogens with zero attached hydrogens (tertiary/aromatic N) is 1. The highest BCUT2D eigenvalue weighted by atomic mass is 19.3. The van der Waals surface area contributed by atoms with Crippen LogP contribution in [0.25, 0.3) is 5.57 Å². The van der Waals surface area contributed by atoms with Crippen molar-refractivity contribution in [1.29, 1.82) is 5.41 Å². The zero-order valence-electron chi connectivity index (χ0n) is 16.8. The number of rotatable bonds is 4. The summed E-state index contributed by atoms with van der Waals surface area (Å²) in [4.78, 5) is 14.1. The van der Waals surface area contributed by atoms with E-state index in [2.05, 4.69) is 17.2 Å². The largest absolute Gasteiger partial charge is 0.404 e. The maximum atomic E-state index is 13.9. The second kappa shape index (κ2) is 8.22. The number of benzene rings is 2. The number of aryl methyl sites for hydroxylation is 1. The number of nitrogens with two attached hydrogens (primary N) is 1. The average molecular weight is 423 g/mol. The first kappa shape index (κ1) is 20.6. The number of fused-ring (bicyclic) bond motifs is 2. The van der Waals surface area contributed by atoms with Crippen molar-refractivity contribution in [2.24, 2.45) is 5.73 Å². The first-order chi connectivity index (χ1) is 14.9. The number of hydrogen-bond donors (Lipinski definition) is 4. The van der Waals surface area contributed by atoms with Crippen LogP contribution in [0.5, 0.6) is 0 Å². The highest BCUT2D eigenvalue weighted by Crippen LogP contribution is 2.44. The van der Waals surface area contributed by atoms with Gasteiger partial charge in [0, 0.05) is 41.5 Å². The Morgan fingerprint density at radius 2 is 2.06 bits per heavy atom. The molecule has 0 spiro atoms. The third kappa shape index (κ3) is 3.76. The van der Waals surface area contributed by atoms with E-state index in [4.69, 9.17) is 11.1 Å². The van der Waals surface area contributed by atoms with Crippen molar-refractivity contribution >= 4 is 40.4 Å². The minimum Gasteiger partial charge on any atom is -0.404 e. The molecule has 4 rings (SSSR count). The molecule has 0 aromatic heterocycles. The van der Waals surface area contributed by atoms with Crippen molar-refractivity contribution in [1.82, 2.24) is 0 Å². The van der Waals surface area contributed by atoms with Crippen LogP contribution in [0.3, 0.4) is 0 Å². The Kier molecular flexibility index (Phi) is 5.46. The van der Waals surface area contributed by atoms with Crippen molar-refractivity contribution in [3.8, 4) is 0 Å². The Labute approximate surface area is 178 Å². The minimum atomic E-state index is -2.72. The molecule has 2 aromatic rings. The van der Waals surface area contributed by atoms with Crippen molar-refractivity contribution < 1.29 is 13.6 Å². The monoisotopic (exact) mass is 423 g/mol. The van der Waals surface area contributed by atoms with Crippen molar-refractivity contribution in [3.05, 3.63) is 65.5 Å². The topological polar surface area (TPSA) is 94.2 Å². The zero-order chi connectivity index (χ0) is 22.1. The molecule has 160 valence electrons. The second-order valence-electron chi connectivity index (χ2n) is 7.54. The lowest BCUT2D eigenvalue weighted by Gasteiger charge is -2.34. The molecule has 0 radical (unpaired) electrons. The van der Waals surface area contributed by atoms with Crippen LogP contribution in [0.15, 0.2) is 48.8 Å². The van der Waals surface area contributed by atoms with E-state index in [0.717, 1.165) is 30.3 Å². The molecule has 1 amide bonds. The highest BCUT2D eigenvalue weighted by molar-refractivity contribution is 6.09. The fraction of sp³-hybridized carbons (Fsp3) is 0.217. The van der Waals surface area contributed by atoms with Gasteiger partial charge in [-0.2, -0.15) is 0 Å². The maximum Gasteiger partial charge on any atom is 0.264 e. The fourth-order valence-electron chi connectivity index (χ4n) is 4.16. The van der Waals surface area contributed by atoms with E-state index in [0.29, 0.717) is 29.3 Å². The summed E-state index contributed by atoms with van der Waals surface area (Å²) in [6, 6.07) is 8.71. The molecule has 31 heavy (non-hydrogen) atoms. The lowest BCUT2D eigenvalue weighted by atomic mass is 9.92. The summed E-state index contributed by atoms with van der Waals surface area (Å²) in [6.07, 6.45) is 1.15. The molecule has 5 N–H and O–H groups in total. The van der Waals surface area contributed by atoms with Crippen LogP contribution in [-0.2, 0) is 11.2 Å². The van der Waals surface area contributed by atoms with E-state index in [1.54, 1.807) is 12.1 Å². The summed E-state index contributed by atoms with van der Waals surface area (Å²) in [6.45, 7) is 4.55. The van der Waals surface area contributed by atoms with Crippen LogP contribution >= 0.6 is 0 Å². The number of carbonyl (C=O) groups excluding carboxylic acids is 1. The number of nitrogens with one attached hydrogen (secondary N) is 3. The van der Waals surface area contributed by atoms with Crippen LogP contribution in [0.2, 0.25) is 0 Å². The van der Waals surface area contributed by atoms with Gasteiger partial charge in [-0.25, -0.2) is 8.78 Å². The molecular weight excluding hydrogens is 400 g/mol. The number of hydrogen-bond acceptors (Lipinski definition) is 5.